The van der Waals surface area contributed by atoms with E-state index < -0.39 is 0 Å². The summed E-state index contributed by atoms with van der Waals surface area (Å²) in [6.45, 7) is 0.574. The Morgan fingerprint density at radius 2 is 2.31 bits per heavy atom. The van der Waals surface area contributed by atoms with Gasteiger partial charge in [-0.1, -0.05) is 18.2 Å². The van der Waals surface area contributed by atoms with E-state index in [9.17, 15) is 4.79 Å². The standard InChI is InChI=1S/C9H8N2O2/c12-7-13-6-11-5-8-3-1-2-4-9(8)10-11/h1-5,7H,6H2. The Hall–Kier alpha value is -1.84. The molecule has 66 valence electrons. The Morgan fingerprint density at radius 1 is 1.46 bits per heavy atom. The number of carbonyl (C=O) groups is 1. The van der Waals surface area contributed by atoms with Crippen LogP contribution in [-0.4, -0.2) is 16.3 Å². The lowest BCUT2D eigenvalue weighted by molar-refractivity contribution is -0.132. The predicted molar refractivity (Wildman–Crippen MR) is 46.9 cm³/mol. The smallest absolute Gasteiger partial charge is 0.294 e. The van der Waals surface area contributed by atoms with E-state index in [4.69, 9.17) is 0 Å². The predicted octanol–water partition coefficient (Wildman–Crippen LogP) is 1.17. The van der Waals surface area contributed by atoms with Crippen LogP contribution in [0, 0.1) is 0 Å². The van der Waals surface area contributed by atoms with Gasteiger partial charge >= 0.3 is 0 Å². The van der Waals surface area contributed by atoms with Crippen LogP contribution < -0.4 is 0 Å². The lowest BCUT2D eigenvalue weighted by Crippen LogP contribution is -2.00. The molecule has 0 saturated heterocycles. The molecule has 0 aliphatic rings. The highest BCUT2D eigenvalue weighted by Crippen LogP contribution is 2.10. The first kappa shape index (κ1) is 7.79. The molecular weight excluding hydrogens is 168 g/mol. The third kappa shape index (κ3) is 1.51. The van der Waals surface area contributed by atoms with Gasteiger partial charge in [0.05, 0.1) is 5.52 Å². The van der Waals surface area contributed by atoms with Crippen LogP contribution >= 0.6 is 0 Å². The molecule has 0 aliphatic heterocycles. The molecule has 2 aromatic rings. The summed E-state index contributed by atoms with van der Waals surface area (Å²) >= 11 is 0. The Morgan fingerprint density at radius 3 is 3.08 bits per heavy atom. The van der Waals surface area contributed by atoms with Gasteiger partial charge in [-0.25, -0.2) is 4.68 Å². The molecular formula is C9H8N2O2. The van der Waals surface area contributed by atoms with E-state index in [1.807, 2.05) is 30.5 Å². The Balaban J connectivity index is 2.32. The molecule has 0 radical (unpaired) electrons. The number of fused-ring (bicyclic) bond motifs is 1. The highest BCUT2D eigenvalue weighted by molar-refractivity contribution is 5.77. The minimum absolute atomic E-state index is 0.165. The second-order valence-corrected chi connectivity index (χ2v) is 2.62. The number of ether oxygens (including phenoxy) is 1. The first-order valence-electron chi connectivity index (χ1n) is 3.87. The summed E-state index contributed by atoms with van der Waals surface area (Å²) in [5, 5.41) is 5.22. The lowest BCUT2D eigenvalue weighted by Gasteiger charge is -1.95. The van der Waals surface area contributed by atoms with Gasteiger partial charge in [0.1, 0.15) is 0 Å². The van der Waals surface area contributed by atoms with Crippen molar-refractivity contribution in [1.29, 1.82) is 0 Å². The average molecular weight is 176 g/mol. The Bertz CT molecular complexity index is 389. The Kier molecular flexibility index (Phi) is 1.96. The van der Waals surface area contributed by atoms with Crippen molar-refractivity contribution in [3.63, 3.8) is 0 Å². The van der Waals surface area contributed by atoms with Crippen molar-refractivity contribution >= 4 is 17.4 Å². The van der Waals surface area contributed by atoms with Crippen molar-refractivity contribution < 1.29 is 9.53 Å². The maximum Gasteiger partial charge on any atom is 0.294 e. The van der Waals surface area contributed by atoms with Crippen LogP contribution in [0.25, 0.3) is 10.9 Å². The molecule has 2 rings (SSSR count). The summed E-state index contributed by atoms with van der Waals surface area (Å²) < 4.78 is 6.15. The fourth-order valence-electron chi connectivity index (χ4n) is 1.19. The summed E-state index contributed by atoms with van der Waals surface area (Å²) in [4.78, 5) is 9.93. The molecule has 0 amide bonds. The highest BCUT2D eigenvalue weighted by Gasteiger charge is 1.97. The van der Waals surface area contributed by atoms with Crippen molar-refractivity contribution in [2.75, 3.05) is 0 Å². The van der Waals surface area contributed by atoms with Crippen LogP contribution in [0.1, 0.15) is 0 Å². The largest absolute Gasteiger partial charge is 0.445 e. The first-order valence-corrected chi connectivity index (χ1v) is 3.87. The van der Waals surface area contributed by atoms with Gasteiger partial charge in [-0.15, -0.1) is 0 Å². The molecule has 0 aliphatic carbocycles. The first-order chi connectivity index (χ1) is 6.40. The SMILES string of the molecule is O=COCn1cc2ccccc2n1. The van der Waals surface area contributed by atoms with Crippen molar-refractivity contribution in [3.05, 3.63) is 30.5 Å². The maximum atomic E-state index is 9.93. The molecule has 4 nitrogen and oxygen atoms in total. The van der Waals surface area contributed by atoms with E-state index in [2.05, 4.69) is 9.84 Å². The quantitative estimate of drug-likeness (QED) is 0.659. The molecule has 0 fully saturated rings. The number of rotatable bonds is 3. The third-order valence-electron chi connectivity index (χ3n) is 1.74. The summed E-state index contributed by atoms with van der Waals surface area (Å²) in [6.07, 6.45) is 1.83. The van der Waals surface area contributed by atoms with E-state index in [-0.39, 0.29) is 6.73 Å². The van der Waals surface area contributed by atoms with Gasteiger partial charge in [-0.05, 0) is 6.07 Å². The van der Waals surface area contributed by atoms with E-state index in [0.29, 0.717) is 6.47 Å². The molecule has 0 saturated carbocycles. The van der Waals surface area contributed by atoms with Crippen LogP contribution in [0.15, 0.2) is 30.5 Å². The zero-order valence-electron chi connectivity index (χ0n) is 6.88. The van der Waals surface area contributed by atoms with Crippen molar-refractivity contribution in [1.82, 2.24) is 9.78 Å². The van der Waals surface area contributed by atoms with Crippen LogP contribution in [0.4, 0.5) is 0 Å². The minimum Gasteiger partial charge on any atom is -0.445 e. The van der Waals surface area contributed by atoms with Crippen LogP contribution in [-0.2, 0) is 16.3 Å². The van der Waals surface area contributed by atoms with Gasteiger partial charge in [0.15, 0.2) is 6.73 Å². The van der Waals surface area contributed by atoms with Crippen molar-refractivity contribution in [2.45, 2.75) is 6.73 Å². The molecule has 0 unspecified atom stereocenters. The van der Waals surface area contributed by atoms with Gasteiger partial charge in [-0.3, -0.25) is 4.79 Å². The monoisotopic (exact) mass is 176 g/mol. The van der Waals surface area contributed by atoms with Crippen LogP contribution in [0.2, 0.25) is 0 Å². The second-order valence-electron chi connectivity index (χ2n) is 2.62. The van der Waals surface area contributed by atoms with Crippen LogP contribution in [0.3, 0.4) is 0 Å². The third-order valence-corrected chi connectivity index (χ3v) is 1.74. The van der Waals surface area contributed by atoms with Gasteiger partial charge in [0, 0.05) is 11.6 Å². The molecule has 1 heterocycles. The normalized spacial score (nSPS) is 10.2. The highest BCUT2D eigenvalue weighted by atomic mass is 16.5. The van der Waals surface area contributed by atoms with E-state index in [0.717, 1.165) is 10.9 Å². The van der Waals surface area contributed by atoms with Crippen molar-refractivity contribution in [2.24, 2.45) is 0 Å². The van der Waals surface area contributed by atoms with Crippen LogP contribution in [0.5, 0.6) is 0 Å². The van der Waals surface area contributed by atoms with Gasteiger partial charge < -0.3 is 4.74 Å². The molecule has 1 aromatic heterocycles. The number of hydrogen-bond donors (Lipinski definition) is 0. The summed E-state index contributed by atoms with van der Waals surface area (Å²) in [5.41, 5.74) is 0.900. The summed E-state index contributed by atoms with van der Waals surface area (Å²) in [5.74, 6) is 0. The molecule has 13 heavy (non-hydrogen) atoms. The maximum absolute atomic E-state index is 9.93. The molecule has 0 atom stereocenters. The number of aromatic nitrogens is 2. The van der Waals surface area contributed by atoms with E-state index in [1.165, 1.54) is 0 Å². The number of benzene rings is 1. The van der Waals surface area contributed by atoms with Gasteiger partial charge in [0.25, 0.3) is 6.47 Å². The zero-order valence-corrected chi connectivity index (χ0v) is 6.88. The molecule has 0 spiro atoms. The fourth-order valence-corrected chi connectivity index (χ4v) is 1.19. The lowest BCUT2D eigenvalue weighted by atomic mass is 10.3. The molecule has 0 bridgehead atoms. The zero-order chi connectivity index (χ0) is 9.10. The van der Waals surface area contributed by atoms with Gasteiger partial charge in [-0.2, -0.15) is 5.10 Å². The molecule has 4 heteroatoms. The van der Waals surface area contributed by atoms with Gasteiger partial charge in [0.2, 0.25) is 0 Å². The summed E-state index contributed by atoms with van der Waals surface area (Å²) in [6, 6.07) is 7.72. The van der Waals surface area contributed by atoms with Crippen molar-refractivity contribution in [3.8, 4) is 0 Å². The average Bonchev–Trinajstić information content (AvgIpc) is 2.57. The van der Waals surface area contributed by atoms with E-state index >= 15 is 0 Å². The number of nitrogens with zero attached hydrogens (tertiary/aromatic N) is 2. The topological polar surface area (TPSA) is 44.1 Å². The molecule has 1 aromatic carbocycles. The Labute approximate surface area is 74.7 Å². The fraction of sp³-hybridized carbons (Fsp3) is 0.111. The molecule has 0 N–H and O–H groups in total. The number of carbonyl (C=O) groups excluding carboxylic acids is 1. The van der Waals surface area contributed by atoms with E-state index in [1.54, 1.807) is 4.68 Å². The summed E-state index contributed by atoms with van der Waals surface area (Å²) in [7, 11) is 0. The minimum atomic E-state index is 0.165. The number of hydrogen-bond acceptors (Lipinski definition) is 3. The second kappa shape index (κ2) is 3.26.